The predicted molar refractivity (Wildman–Crippen MR) is 69.6 cm³/mol. The van der Waals surface area contributed by atoms with Gasteiger partial charge in [0.05, 0.1) is 0 Å². The van der Waals surface area contributed by atoms with Crippen molar-refractivity contribution in [2.24, 2.45) is 11.8 Å². The molecule has 1 saturated carbocycles. The molecule has 0 bridgehead atoms. The number of hydrogen-bond donors (Lipinski definition) is 1. The van der Waals surface area contributed by atoms with Crippen molar-refractivity contribution in [3.8, 4) is 0 Å². The summed E-state index contributed by atoms with van der Waals surface area (Å²) < 4.78 is 0. The third-order valence-corrected chi connectivity index (χ3v) is 4.46. The van der Waals surface area contributed by atoms with Gasteiger partial charge >= 0.3 is 0 Å². The van der Waals surface area contributed by atoms with Crippen LogP contribution in [0.1, 0.15) is 46.5 Å². The molecule has 1 N–H and O–H groups in total. The van der Waals surface area contributed by atoms with Crippen molar-refractivity contribution in [3.63, 3.8) is 0 Å². The third-order valence-electron chi connectivity index (χ3n) is 4.46. The molecule has 2 fully saturated rings. The summed E-state index contributed by atoms with van der Waals surface area (Å²) in [5.41, 5.74) is 0. The number of nitrogens with one attached hydrogen (secondary N) is 1. The molecule has 1 aliphatic heterocycles. The van der Waals surface area contributed by atoms with Gasteiger partial charge in [-0.25, -0.2) is 0 Å². The maximum Gasteiger partial charge on any atom is 0.00939 e. The Morgan fingerprint density at radius 3 is 2.62 bits per heavy atom. The van der Waals surface area contributed by atoms with E-state index in [0.29, 0.717) is 0 Å². The predicted octanol–water partition coefficient (Wildman–Crippen LogP) is 2.49. The smallest absolute Gasteiger partial charge is 0.00939 e. The van der Waals surface area contributed by atoms with Gasteiger partial charge in [-0.1, -0.05) is 13.8 Å². The number of rotatable bonds is 5. The Morgan fingerprint density at radius 2 is 2.06 bits per heavy atom. The molecule has 0 amide bonds. The Kier molecular flexibility index (Phi) is 4.26. The molecule has 1 heterocycles. The summed E-state index contributed by atoms with van der Waals surface area (Å²) in [5, 5.41) is 3.60. The van der Waals surface area contributed by atoms with Crippen molar-refractivity contribution in [2.75, 3.05) is 19.6 Å². The molecular formula is C14H28N2. The second kappa shape index (κ2) is 5.50. The average molecular weight is 224 g/mol. The van der Waals surface area contributed by atoms with E-state index in [9.17, 15) is 0 Å². The van der Waals surface area contributed by atoms with E-state index < -0.39 is 0 Å². The van der Waals surface area contributed by atoms with Crippen LogP contribution in [0.2, 0.25) is 0 Å². The highest BCUT2D eigenvalue weighted by Gasteiger charge is 2.32. The van der Waals surface area contributed by atoms with Gasteiger partial charge < -0.3 is 10.2 Å². The summed E-state index contributed by atoms with van der Waals surface area (Å²) in [5.74, 6) is 1.98. The fourth-order valence-corrected chi connectivity index (χ4v) is 3.15. The lowest BCUT2D eigenvalue weighted by molar-refractivity contribution is 0.115. The van der Waals surface area contributed by atoms with Crippen LogP contribution >= 0.6 is 0 Å². The first kappa shape index (κ1) is 12.4. The summed E-state index contributed by atoms with van der Waals surface area (Å²) in [7, 11) is 0. The molecule has 1 saturated heterocycles. The first-order chi connectivity index (χ1) is 7.70. The van der Waals surface area contributed by atoms with Crippen molar-refractivity contribution < 1.29 is 0 Å². The Morgan fingerprint density at radius 1 is 1.31 bits per heavy atom. The Balaban J connectivity index is 1.74. The van der Waals surface area contributed by atoms with E-state index in [1.165, 1.54) is 38.8 Å². The van der Waals surface area contributed by atoms with Crippen LogP contribution in [0.25, 0.3) is 0 Å². The fourth-order valence-electron chi connectivity index (χ4n) is 3.15. The molecule has 2 rings (SSSR count). The van der Waals surface area contributed by atoms with E-state index in [2.05, 4.69) is 31.0 Å². The minimum atomic E-state index is 0.771. The molecule has 94 valence electrons. The fraction of sp³-hybridized carbons (Fsp3) is 1.00. The third kappa shape index (κ3) is 3.21. The molecule has 0 radical (unpaired) electrons. The number of hydrogen-bond acceptors (Lipinski definition) is 2. The van der Waals surface area contributed by atoms with E-state index in [-0.39, 0.29) is 0 Å². The molecule has 3 atom stereocenters. The van der Waals surface area contributed by atoms with Gasteiger partial charge in [0.2, 0.25) is 0 Å². The van der Waals surface area contributed by atoms with E-state index in [4.69, 9.17) is 0 Å². The average Bonchev–Trinajstić information content (AvgIpc) is 3.06. The molecule has 2 nitrogen and oxygen atoms in total. The summed E-state index contributed by atoms with van der Waals surface area (Å²) in [6.45, 7) is 10.8. The first-order valence-electron chi connectivity index (χ1n) is 7.18. The van der Waals surface area contributed by atoms with Crippen molar-refractivity contribution >= 4 is 0 Å². The molecular weight excluding hydrogens is 196 g/mol. The van der Waals surface area contributed by atoms with Crippen molar-refractivity contribution in [1.82, 2.24) is 10.2 Å². The molecule has 0 aromatic carbocycles. The minimum Gasteiger partial charge on any atom is -0.314 e. The summed E-state index contributed by atoms with van der Waals surface area (Å²) in [4.78, 5) is 2.72. The van der Waals surface area contributed by atoms with E-state index in [1.54, 1.807) is 0 Å². The van der Waals surface area contributed by atoms with Crippen molar-refractivity contribution in [3.05, 3.63) is 0 Å². The van der Waals surface area contributed by atoms with Gasteiger partial charge in [-0.05, 0) is 57.5 Å². The van der Waals surface area contributed by atoms with Gasteiger partial charge in [-0.3, -0.25) is 0 Å². The van der Waals surface area contributed by atoms with Gasteiger partial charge in [0.25, 0.3) is 0 Å². The van der Waals surface area contributed by atoms with Crippen LogP contribution < -0.4 is 5.32 Å². The van der Waals surface area contributed by atoms with Crippen LogP contribution in [-0.2, 0) is 0 Å². The lowest BCUT2D eigenvalue weighted by Gasteiger charge is -2.39. The van der Waals surface area contributed by atoms with Gasteiger partial charge in [-0.15, -0.1) is 0 Å². The molecule has 1 aliphatic carbocycles. The summed E-state index contributed by atoms with van der Waals surface area (Å²) >= 11 is 0. The monoisotopic (exact) mass is 224 g/mol. The maximum atomic E-state index is 3.60. The van der Waals surface area contributed by atoms with E-state index >= 15 is 0 Å². The lowest BCUT2D eigenvalue weighted by Crippen LogP contribution is -2.48. The zero-order valence-corrected chi connectivity index (χ0v) is 11.2. The highest BCUT2D eigenvalue weighted by molar-refractivity contribution is 4.86. The molecule has 2 heteroatoms. The van der Waals surface area contributed by atoms with Crippen LogP contribution in [0.3, 0.4) is 0 Å². The number of likely N-dealkylation sites (tertiary alicyclic amines) is 1. The van der Waals surface area contributed by atoms with Crippen molar-refractivity contribution in [1.29, 1.82) is 0 Å². The maximum absolute atomic E-state index is 3.60. The second-order valence-electron chi connectivity index (χ2n) is 5.94. The van der Waals surface area contributed by atoms with E-state index in [0.717, 1.165) is 30.5 Å². The highest BCUT2D eigenvalue weighted by atomic mass is 15.2. The topological polar surface area (TPSA) is 15.3 Å². The van der Waals surface area contributed by atoms with E-state index in [1.807, 2.05) is 0 Å². The summed E-state index contributed by atoms with van der Waals surface area (Å²) in [6.07, 6.45) is 5.66. The minimum absolute atomic E-state index is 0.771. The second-order valence-corrected chi connectivity index (χ2v) is 5.94. The molecule has 2 aliphatic rings. The Labute approximate surface area is 101 Å². The van der Waals surface area contributed by atoms with Crippen LogP contribution in [0.5, 0.6) is 0 Å². The number of nitrogens with zero attached hydrogens (tertiary/aromatic N) is 1. The molecule has 16 heavy (non-hydrogen) atoms. The normalized spacial score (nSPS) is 33.9. The SMILES string of the molecule is CCNC1CCN(CC(C)C2CC2)C(C)C1. The van der Waals surface area contributed by atoms with Gasteiger partial charge in [-0.2, -0.15) is 0 Å². The zero-order chi connectivity index (χ0) is 11.5. The lowest BCUT2D eigenvalue weighted by atomic mass is 9.96. The van der Waals surface area contributed by atoms with Crippen LogP contribution in [0.15, 0.2) is 0 Å². The Hall–Kier alpha value is -0.0800. The van der Waals surface area contributed by atoms with Crippen LogP contribution in [0, 0.1) is 11.8 Å². The molecule has 0 spiro atoms. The standard InChI is InChI=1S/C14H28N2/c1-4-15-14-7-8-16(12(3)9-14)10-11(2)13-5-6-13/h11-15H,4-10H2,1-3H3. The largest absolute Gasteiger partial charge is 0.314 e. The zero-order valence-electron chi connectivity index (χ0n) is 11.2. The molecule has 0 aromatic heterocycles. The van der Waals surface area contributed by atoms with Gasteiger partial charge in [0.1, 0.15) is 0 Å². The number of piperidine rings is 1. The Bertz CT molecular complexity index is 213. The summed E-state index contributed by atoms with van der Waals surface area (Å²) in [6, 6.07) is 1.55. The molecule has 0 aromatic rings. The first-order valence-corrected chi connectivity index (χ1v) is 7.18. The van der Waals surface area contributed by atoms with Gasteiger partial charge in [0.15, 0.2) is 0 Å². The quantitative estimate of drug-likeness (QED) is 0.772. The van der Waals surface area contributed by atoms with Gasteiger partial charge in [0, 0.05) is 18.6 Å². The van der Waals surface area contributed by atoms with Crippen LogP contribution in [-0.4, -0.2) is 36.6 Å². The highest BCUT2D eigenvalue weighted by Crippen LogP contribution is 2.37. The van der Waals surface area contributed by atoms with Crippen LogP contribution in [0.4, 0.5) is 0 Å². The molecule has 3 unspecified atom stereocenters. The van der Waals surface area contributed by atoms with Crippen molar-refractivity contribution in [2.45, 2.75) is 58.5 Å².